The summed E-state index contributed by atoms with van der Waals surface area (Å²) in [6.45, 7) is 2.97. The van der Waals surface area contributed by atoms with Crippen LogP contribution in [0.3, 0.4) is 0 Å². The van der Waals surface area contributed by atoms with Crippen molar-refractivity contribution in [2.75, 3.05) is 26.3 Å². The Morgan fingerprint density at radius 1 is 1.20 bits per heavy atom. The Morgan fingerprint density at radius 2 is 2.00 bits per heavy atom. The molecule has 0 bridgehead atoms. The first kappa shape index (κ1) is 13.9. The summed E-state index contributed by atoms with van der Waals surface area (Å²) in [7, 11) is 0. The number of rotatable bonds is 5. The lowest BCUT2D eigenvalue weighted by Crippen LogP contribution is -2.40. The lowest BCUT2D eigenvalue weighted by atomic mass is 9.74. The van der Waals surface area contributed by atoms with Crippen molar-refractivity contribution in [3.8, 4) is 5.75 Å². The van der Waals surface area contributed by atoms with E-state index in [1.165, 1.54) is 24.8 Å². The molecule has 1 heterocycles. The lowest BCUT2D eigenvalue weighted by Gasteiger charge is -2.36. The summed E-state index contributed by atoms with van der Waals surface area (Å²) in [6, 6.07) is 8.32. The molecule has 110 valence electrons. The van der Waals surface area contributed by atoms with Crippen LogP contribution in [0.1, 0.15) is 43.6 Å². The Kier molecular flexibility index (Phi) is 4.27. The minimum absolute atomic E-state index is 0.122. The number of hydrogen-bond donors (Lipinski definition) is 2. The molecule has 2 N–H and O–H groups in total. The molecule has 0 amide bonds. The van der Waals surface area contributed by atoms with Crippen LogP contribution >= 0.6 is 0 Å². The Morgan fingerprint density at radius 3 is 2.80 bits per heavy atom. The summed E-state index contributed by atoms with van der Waals surface area (Å²) in [4.78, 5) is 0. The summed E-state index contributed by atoms with van der Waals surface area (Å²) in [6.07, 6.45) is 6.17. The van der Waals surface area contributed by atoms with Crippen molar-refractivity contribution in [1.29, 1.82) is 0 Å². The van der Waals surface area contributed by atoms with Gasteiger partial charge in [0.1, 0.15) is 5.75 Å². The lowest BCUT2D eigenvalue weighted by molar-refractivity contribution is 0.0809. The third-order valence-electron chi connectivity index (χ3n) is 4.94. The van der Waals surface area contributed by atoms with Crippen LogP contribution in [0, 0.1) is 5.41 Å². The standard InChI is InChI=1S/C17H25NO2/c19-13-17(8-4-1-5-9-17)12-18-10-14-11-20-16-7-3-2-6-15(14)16/h2-3,6-7,14,18-19H,1,4-5,8-13H2. The van der Waals surface area contributed by atoms with Gasteiger partial charge in [0, 0.05) is 36.6 Å². The molecule has 2 aliphatic rings. The Labute approximate surface area is 121 Å². The molecular formula is C17H25NO2. The molecule has 0 saturated heterocycles. The first-order valence-electron chi connectivity index (χ1n) is 7.86. The minimum Gasteiger partial charge on any atom is -0.493 e. The zero-order valence-electron chi connectivity index (χ0n) is 12.1. The highest BCUT2D eigenvalue weighted by molar-refractivity contribution is 5.39. The van der Waals surface area contributed by atoms with E-state index in [2.05, 4.69) is 17.4 Å². The minimum atomic E-state index is 0.122. The van der Waals surface area contributed by atoms with Gasteiger partial charge < -0.3 is 15.2 Å². The highest BCUT2D eigenvalue weighted by atomic mass is 16.5. The van der Waals surface area contributed by atoms with Crippen LogP contribution in [0.4, 0.5) is 0 Å². The molecule has 3 rings (SSSR count). The SMILES string of the molecule is OCC1(CNCC2COc3ccccc32)CCCCC1. The predicted molar refractivity (Wildman–Crippen MR) is 80.2 cm³/mol. The maximum absolute atomic E-state index is 9.73. The number of hydrogen-bond acceptors (Lipinski definition) is 3. The summed E-state index contributed by atoms with van der Waals surface area (Å²) >= 11 is 0. The maximum Gasteiger partial charge on any atom is 0.122 e. The molecule has 1 fully saturated rings. The van der Waals surface area contributed by atoms with E-state index >= 15 is 0 Å². The molecule has 1 unspecified atom stereocenters. The second-order valence-corrected chi connectivity index (χ2v) is 6.40. The average Bonchev–Trinajstić information content (AvgIpc) is 2.92. The maximum atomic E-state index is 9.73. The predicted octanol–water partition coefficient (Wildman–Crippen LogP) is 2.70. The number of nitrogens with one attached hydrogen (secondary N) is 1. The molecule has 3 heteroatoms. The summed E-state index contributed by atoms with van der Waals surface area (Å²) in [5.41, 5.74) is 1.44. The van der Waals surface area contributed by atoms with Gasteiger partial charge in [0.2, 0.25) is 0 Å². The number of aliphatic hydroxyl groups is 1. The van der Waals surface area contributed by atoms with E-state index in [4.69, 9.17) is 4.74 Å². The van der Waals surface area contributed by atoms with Crippen molar-refractivity contribution in [3.05, 3.63) is 29.8 Å². The molecule has 1 aliphatic carbocycles. The van der Waals surface area contributed by atoms with Crippen LogP contribution in [-0.2, 0) is 0 Å². The van der Waals surface area contributed by atoms with Gasteiger partial charge in [-0.1, -0.05) is 37.5 Å². The van der Waals surface area contributed by atoms with E-state index in [1.54, 1.807) is 0 Å². The molecule has 0 radical (unpaired) electrons. The van der Waals surface area contributed by atoms with Crippen LogP contribution in [0.5, 0.6) is 5.75 Å². The van der Waals surface area contributed by atoms with Crippen molar-refractivity contribution < 1.29 is 9.84 Å². The first-order valence-corrected chi connectivity index (χ1v) is 7.86. The van der Waals surface area contributed by atoms with Gasteiger partial charge in [-0.2, -0.15) is 0 Å². The average molecular weight is 275 g/mol. The summed E-state index contributed by atoms with van der Waals surface area (Å²) < 4.78 is 5.72. The Hall–Kier alpha value is -1.06. The van der Waals surface area contributed by atoms with Crippen LogP contribution in [0.25, 0.3) is 0 Å². The van der Waals surface area contributed by atoms with Crippen LogP contribution < -0.4 is 10.1 Å². The first-order chi connectivity index (χ1) is 9.83. The van der Waals surface area contributed by atoms with Crippen molar-refractivity contribution in [2.45, 2.75) is 38.0 Å². The van der Waals surface area contributed by atoms with Crippen LogP contribution in [0.2, 0.25) is 0 Å². The van der Waals surface area contributed by atoms with Gasteiger partial charge in [0.25, 0.3) is 0 Å². The van der Waals surface area contributed by atoms with Crippen molar-refractivity contribution in [2.24, 2.45) is 5.41 Å². The molecule has 3 nitrogen and oxygen atoms in total. The monoisotopic (exact) mass is 275 g/mol. The number of aliphatic hydroxyl groups excluding tert-OH is 1. The van der Waals surface area contributed by atoms with E-state index < -0.39 is 0 Å². The molecular weight excluding hydrogens is 250 g/mol. The van der Waals surface area contributed by atoms with E-state index in [0.717, 1.165) is 38.3 Å². The van der Waals surface area contributed by atoms with E-state index in [0.29, 0.717) is 12.5 Å². The number of fused-ring (bicyclic) bond motifs is 1. The second kappa shape index (κ2) is 6.15. The third-order valence-corrected chi connectivity index (χ3v) is 4.94. The van der Waals surface area contributed by atoms with Gasteiger partial charge in [-0.05, 0) is 18.9 Å². The van der Waals surface area contributed by atoms with E-state index in [9.17, 15) is 5.11 Å². The van der Waals surface area contributed by atoms with Gasteiger partial charge in [0.15, 0.2) is 0 Å². The number of benzene rings is 1. The summed E-state index contributed by atoms with van der Waals surface area (Å²) in [5.74, 6) is 1.49. The fourth-order valence-electron chi connectivity index (χ4n) is 3.60. The molecule has 1 aromatic rings. The van der Waals surface area contributed by atoms with Gasteiger partial charge >= 0.3 is 0 Å². The molecule has 0 spiro atoms. The molecule has 1 aromatic carbocycles. The highest BCUT2D eigenvalue weighted by Crippen LogP contribution is 2.36. The van der Waals surface area contributed by atoms with Gasteiger partial charge in [-0.25, -0.2) is 0 Å². The van der Waals surface area contributed by atoms with Crippen LogP contribution in [-0.4, -0.2) is 31.4 Å². The molecule has 1 aliphatic heterocycles. The third kappa shape index (κ3) is 2.84. The van der Waals surface area contributed by atoms with Crippen molar-refractivity contribution in [3.63, 3.8) is 0 Å². The number of ether oxygens (including phenoxy) is 1. The van der Waals surface area contributed by atoms with Crippen molar-refractivity contribution in [1.82, 2.24) is 5.32 Å². The molecule has 0 aromatic heterocycles. The zero-order chi connectivity index (χ0) is 13.8. The van der Waals surface area contributed by atoms with E-state index in [1.807, 2.05) is 12.1 Å². The van der Waals surface area contributed by atoms with Gasteiger partial charge in [-0.15, -0.1) is 0 Å². The van der Waals surface area contributed by atoms with Gasteiger partial charge in [-0.3, -0.25) is 0 Å². The molecule has 1 saturated carbocycles. The fourth-order valence-corrected chi connectivity index (χ4v) is 3.60. The normalized spacial score (nSPS) is 24.1. The molecule has 20 heavy (non-hydrogen) atoms. The second-order valence-electron chi connectivity index (χ2n) is 6.40. The van der Waals surface area contributed by atoms with E-state index in [-0.39, 0.29) is 5.41 Å². The Balaban J connectivity index is 1.53. The smallest absolute Gasteiger partial charge is 0.122 e. The molecule has 1 atom stereocenters. The number of para-hydroxylation sites is 1. The quantitative estimate of drug-likeness (QED) is 0.868. The van der Waals surface area contributed by atoms with Crippen LogP contribution in [0.15, 0.2) is 24.3 Å². The van der Waals surface area contributed by atoms with Gasteiger partial charge in [0.05, 0.1) is 6.61 Å². The highest BCUT2D eigenvalue weighted by Gasteiger charge is 2.31. The van der Waals surface area contributed by atoms with Crippen molar-refractivity contribution >= 4 is 0 Å². The zero-order valence-corrected chi connectivity index (χ0v) is 12.1. The fraction of sp³-hybridized carbons (Fsp3) is 0.647. The largest absolute Gasteiger partial charge is 0.493 e. The Bertz CT molecular complexity index is 440. The summed E-state index contributed by atoms with van der Waals surface area (Å²) in [5, 5.41) is 13.3. The topological polar surface area (TPSA) is 41.5 Å².